The number of aryl methyl sites for hydroxylation is 1. The van der Waals surface area contributed by atoms with Crippen molar-refractivity contribution in [2.75, 3.05) is 13.1 Å². The molecule has 1 unspecified atom stereocenters. The third-order valence-electron chi connectivity index (χ3n) is 3.22. The van der Waals surface area contributed by atoms with Gasteiger partial charge in [0.05, 0.1) is 10.6 Å². The summed E-state index contributed by atoms with van der Waals surface area (Å²) in [5.41, 5.74) is 6.62. The Bertz CT molecular complexity index is 478. The molecule has 0 aliphatic carbocycles. The fourth-order valence-corrected chi connectivity index (χ4v) is 2.42. The van der Waals surface area contributed by atoms with Crippen molar-refractivity contribution in [3.8, 4) is 0 Å². The monoisotopic (exact) mass is 270 g/mol. The highest BCUT2D eigenvalue weighted by atomic mass is 35.5. The SMILES string of the molecule is Cc1cc(C(=O)N2CCCC(N)C2)c(Cl)cc1F. The molecule has 0 saturated carbocycles. The number of carbonyl (C=O) groups excluding carboxylic acids is 1. The van der Waals surface area contributed by atoms with E-state index in [1.165, 1.54) is 12.1 Å². The molecule has 1 fully saturated rings. The Hall–Kier alpha value is -1.13. The molecular formula is C13H16ClFN2O. The quantitative estimate of drug-likeness (QED) is 0.851. The van der Waals surface area contributed by atoms with E-state index in [-0.39, 0.29) is 17.0 Å². The summed E-state index contributed by atoms with van der Waals surface area (Å²) in [5.74, 6) is -0.565. The molecule has 0 radical (unpaired) electrons. The number of likely N-dealkylation sites (tertiary alicyclic amines) is 1. The van der Waals surface area contributed by atoms with Crippen LogP contribution in [-0.4, -0.2) is 29.9 Å². The van der Waals surface area contributed by atoms with Gasteiger partial charge in [0.15, 0.2) is 0 Å². The van der Waals surface area contributed by atoms with Crippen LogP contribution in [0.15, 0.2) is 12.1 Å². The average molecular weight is 271 g/mol. The van der Waals surface area contributed by atoms with Gasteiger partial charge in [-0.15, -0.1) is 0 Å². The minimum atomic E-state index is -0.396. The predicted molar refractivity (Wildman–Crippen MR) is 69.3 cm³/mol. The van der Waals surface area contributed by atoms with E-state index in [2.05, 4.69) is 0 Å². The number of halogens is 2. The molecule has 98 valence electrons. The van der Waals surface area contributed by atoms with Crippen LogP contribution in [0.5, 0.6) is 0 Å². The molecule has 0 spiro atoms. The Kier molecular flexibility index (Phi) is 3.88. The first kappa shape index (κ1) is 13.3. The van der Waals surface area contributed by atoms with Gasteiger partial charge in [-0.05, 0) is 37.5 Å². The van der Waals surface area contributed by atoms with Gasteiger partial charge in [-0.25, -0.2) is 4.39 Å². The van der Waals surface area contributed by atoms with E-state index < -0.39 is 5.82 Å². The lowest BCUT2D eigenvalue weighted by atomic mass is 10.0. The van der Waals surface area contributed by atoms with Crippen LogP contribution in [0, 0.1) is 12.7 Å². The zero-order chi connectivity index (χ0) is 13.3. The number of hydrogen-bond acceptors (Lipinski definition) is 2. The van der Waals surface area contributed by atoms with Gasteiger partial charge in [0, 0.05) is 19.1 Å². The van der Waals surface area contributed by atoms with Gasteiger partial charge in [-0.3, -0.25) is 4.79 Å². The third-order valence-corrected chi connectivity index (χ3v) is 3.54. The van der Waals surface area contributed by atoms with Crippen LogP contribution in [0.25, 0.3) is 0 Å². The lowest BCUT2D eigenvalue weighted by molar-refractivity contribution is 0.0709. The summed E-state index contributed by atoms with van der Waals surface area (Å²) in [5, 5.41) is 0.155. The van der Waals surface area contributed by atoms with Gasteiger partial charge >= 0.3 is 0 Å². The molecule has 1 aromatic rings. The second kappa shape index (κ2) is 5.24. The molecule has 5 heteroatoms. The molecular weight excluding hydrogens is 255 g/mol. The third kappa shape index (κ3) is 2.65. The second-order valence-electron chi connectivity index (χ2n) is 4.73. The number of benzene rings is 1. The number of nitrogens with two attached hydrogens (primary N) is 1. The molecule has 1 saturated heterocycles. The number of hydrogen-bond donors (Lipinski definition) is 1. The zero-order valence-corrected chi connectivity index (χ0v) is 11.0. The molecule has 2 rings (SSSR count). The van der Waals surface area contributed by atoms with E-state index in [1.54, 1.807) is 11.8 Å². The number of amides is 1. The van der Waals surface area contributed by atoms with Gasteiger partial charge in [0.25, 0.3) is 5.91 Å². The van der Waals surface area contributed by atoms with Gasteiger partial charge in [-0.2, -0.15) is 0 Å². The summed E-state index contributed by atoms with van der Waals surface area (Å²) in [6.07, 6.45) is 1.82. The van der Waals surface area contributed by atoms with E-state index in [0.717, 1.165) is 12.8 Å². The lowest BCUT2D eigenvalue weighted by Crippen LogP contribution is -2.45. The van der Waals surface area contributed by atoms with Crippen molar-refractivity contribution >= 4 is 17.5 Å². The van der Waals surface area contributed by atoms with Crippen LogP contribution in [0.1, 0.15) is 28.8 Å². The van der Waals surface area contributed by atoms with E-state index in [1.807, 2.05) is 0 Å². The Morgan fingerprint density at radius 2 is 2.28 bits per heavy atom. The molecule has 1 amide bonds. The normalized spacial score (nSPS) is 20.0. The molecule has 0 aromatic heterocycles. The summed E-state index contributed by atoms with van der Waals surface area (Å²) in [6, 6.07) is 2.71. The van der Waals surface area contributed by atoms with Gasteiger partial charge < -0.3 is 10.6 Å². The number of nitrogens with zero attached hydrogens (tertiary/aromatic N) is 1. The van der Waals surface area contributed by atoms with Crippen molar-refractivity contribution in [3.05, 3.63) is 34.1 Å². The van der Waals surface area contributed by atoms with Crippen LogP contribution < -0.4 is 5.73 Å². The maximum atomic E-state index is 13.3. The smallest absolute Gasteiger partial charge is 0.255 e. The van der Waals surface area contributed by atoms with E-state index in [4.69, 9.17) is 17.3 Å². The first-order valence-electron chi connectivity index (χ1n) is 5.99. The molecule has 1 atom stereocenters. The number of piperidine rings is 1. The average Bonchev–Trinajstić information content (AvgIpc) is 2.33. The van der Waals surface area contributed by atoms with Crippen LogP contribution in [0.2, 0.25) is 5.02 Å². The number of carbonyl (C=O) groups is 1. The maximum Gasteiger partial charge on any atom is 0.255 e. The molecule has 18 heavy (non-hydrogen) atoms. The van der Waals surface area contributed by atoms with Gasteiger partial charge in [-0.1, -0.05) is 11.6 Å². The van der Waals surface area contributed by atoms with Crippen molar-refractivity contribution in [2.24, 2.45) is 5.73 Å². The zero-order valence-electron chi connectivity index (χ0n) is 10.2. The van der Waals surface area contributed by atoms with Crippen molar-refractivity contribution in [2.45, 2.75) is 25.8 Å². The van der Waals surface area contributed by atoms with E-state index in [0.29, 0.717) is 24.2 Å². The summed E-state index contributed by atoms with van der Waals surface area (Å²) in [4.78, 5) is 14.0. The predicted octanol–water partition coefficient (Wildman–Crippen LogP) is 2.35. The molecule has 1 aliphatic rings. The molecule has 2 N–H and O–H groups in total. The molecule has 3 nitrogen and oxygen atoms in total. The van der Waals surface area contributed by atoms with Crippen LogP contribution >= 0.6 is 11.6 Å². The summed E-state index contributed by atoms with van der Waals surface area (Å²) in [6.45, 7) is 2.83. The Labute approximate surface area is 111 Å². The van der Waals surface area contributed by atoms with Crippen LogP contribution in [-0.2, 0) is 0 Å². The van der Waals surface area contributed by atoms with Crippen LogP contribution in [0.3, 0.4) is 0 Å². The minimum absolute atomic E-state index is 0.0167. The Morgan fingerprint density at radius 1 is 1.56 bits per heavy atom. The first-order chi connectivity index (χ1) is 8.49. The van der Waals surface area contributed by atoms with Crippen molar-refractivity contribution in [3.63, 3.8) is 0 Å². The lowest BCUT2D eigenvalue weighted by Gasteiger charge is -2.31. The fraction of sp³-hybridized carbons (Fsp3) is 0.462. The highest BCUT2D eigenvalue weighted by molar-refractivity contribution is 6.33. The van der Waals surface area contributed by atoms with E-state index in [9.17, 15) is 9.18 Å². The maximum absolute atomic E-state index is 13.3. The van der Waals surface area contributed by atoms with Crippen molar-refractivity contribution in [1.29, 1.82) is 0 Å². The summed E-state index contributed by atoms with van der Waals surface area (Å²) >= 11 is 5.93. The molecule has 0 bridgehead atoms. The summed E-state index contributed by atoms with van der Waals surface area (Å²) < 4.78 is 13.3. The topological polar surface area (TPSA) is 46.3 Å². The number of rotatable bonds is 1. The second-order valence-corrected chi connectivity index (χ2v) is 5.14. The molecule has 1 heterocycles. The van der Waals surface area contributed by atoms with Crippen molar-refractivity contribution < 1.29 is 9.18 Å². The van der Waals surface area contributed by atoms with E-state index >= 15 is 0 Å². The standard InChI is InChI=1S/C13H16ClFN2O/c1-8-5-10(11(14)6-12(8)15)13(18)17-4-2-3-9(16)7-17/h5-6,9H,2-4,7,16H2,1H3. The van der Waals surface area contributed by atoms with Gasteiger partial charge in [0.2, 0.25) is 0 Å². The highest BCUT2D eigenvalue weighted by Gasteiger charge is 2.24. The summed E-state index contributed by atoms with van der Waals surface area (Å²) in [7, 11) is 0. The Morgan fingerprint density at radius 3 is 2.94 bits per heavy atom. The minimum Gasteiger partial charge on any atom is -0.337 e. The van der Waals surface area contributed by atoms with Crippen molar-refractivity contribution in [1.82, 2.24) is 4.90 Å². The van der Waals surface area contributed by atoms with Gasteiger partial charge in [0.1, 0.15) is 5.82 Å². The molecule has 1 aliphatic heterocycles. The highest BCUT2D eigenvalue weighted by Crippen LogP contribution is 2.23. The first-order valence-corrected chi connectivity index (χ1v) is 6.37. The largest absolute Gasteiger partial charge is 0.337 e. The Balaban J connectivity index is 2.25. The fourth-order valence-electron chi connectivity index (χ4n) is 2.19. The molecule has 1 aromatic carbocycles. The van der Waals surface area contributed by atoms with Crippen LogP contribution in [0.4, 0.5) is 4.39 Å².